The average Bonchev–Trinajstić information content (AvgIpc) is 2.95. The maximum absolute atomic E-state index is 6.12. The SMILES string of the molecule is Cc1sc2nc(C[NH+]3CCOCC3)nc(NCc3cccc(Cl)c3)c2c1C. The van der Waals surface area contributed by atoms with E-state index in [0.717, 1.165) is 65.3 Å². The highest BCUT2D eigenvalue weighted by Crippen LogP contribution is 2.33. The molecule has 1 aliphatic heterocycles. The van der Waals surface area contributed by atoms with Crippen molar-refractivity contribution in [3.63, 3.8) is 0 Å². The molecule has 0 bridgehead atoms. The maximum Gasteiger partial charge on any atom is 0.187 e. The van der Waals surface area contributed by atoms with Gasteiger partial charge in [-0.1, -0.05) is 23.7 Å². The number of nitrogens with one attached hydrogen (secondary N) is 2. The van der Waals surface area contributed by atoms with Crippen molar-refractivity contribution >= 4 is 39.0 Å². The van der Waals surface area contributed by atoms with Gasteiger partial charge in [0.1, 0.15) is 30.3 Å². The van der Waals surface area contributed by atoms with Crippen LogP contribution in [0.5, 0.6) is 0 Å². The van der Waals surface area contributed by atoms with E-state index in [4.69, 9.17) is 26.3 Å². The summed E-state index contributed by atoms with van der Waals surface area (Å²) in [6.45, 7) is 9.46. The molecule has 2 aromatic heterocycles. The summed E-state index contributed by atoms with van der Waals surface area (Å²) in [5, 5.41) is 5.42. The number of halogens is 1. The van der Waals surface area contributed by atoms with Gasteiger partial charge in [0.25, 0.3) is 0 Å². The second kappa shape index (κ2) is 8.10. The van der Waals surface area contributed by atoms with Crippen LogP contribution in [0.3, 0.4) is 0 Å². The summed E-state index contributed by atoms with van der Waals surface area (Å²) in [7, 11) is 0. The molecule has 0 amide bonds. The van der Waals surface area contributed by atoms with Gasteiger partial charge in [-0.15, -0.1) is 11.3 Å². The van der Waals surface area contributed by atoms with Gasteiger partial charge in [0.05, 0.1) is 18.6 Å². The van der Waals surface area contributed by atoms with Crippen LogP contribution in [0.4, 0.5) is 5.82 Å². The average molecular weight is 404 g/mol. The molecule has 0 aliphatic carbocycles. The minimum absolute atomic E-state index is 0.685. The van der Waals surface area contributed by atoms with Crippen LogP contribution in [0.15, 0.2) is 24.3 Å². The van der Waals surface area contributed by atoms with Crippen LogP contribution in [0.25, 0.3) is 10.2 Å². The highest BCUT2D eigenvalue weighted by atomic mass is 35.5. The first-order chi connectivity index (χ1) is 13.1. The zero-order valence-corrected chi connectivity index (χ0v) is 17.2. The van der Waals surface area contributed by atoms with Gasteiger partial charge in [0, 0.05) is 16.4 Å². The second-order valence-corrected chi connectivity index (χ2v) is 8.61. The Hall–Kier alpha value is -1.73. The molecular weight excluding hydrogens is 380 g/mol. The van der Waals surface area contributed by atoms with Crippen molar-refractivity contribution in [3.8, 4) is 0 Å². The molecule has 2 N–H and O–H groups in total. The van der Waals surface area contributed by atoms with E-state index in [1.54, 1.807) is 11.3 Å². The van der Waals surface area contributed by atoms with Crippen LogP contribution in [-0.4, -0.2) is 36.3 Å². The lowest BCUT2D eigenvalue weighted by atomic mass is 10.2. The number of nitrogens with zero attached hydrogens (tertiary/aromatic N) is 2. The molecule has 142 valence electrons. The number of aryl methyl sites for hydroxylation is 2. The first-order valence-corrected chi connectivity index (χ1v) is 10.5. The van der Waals surface area contributed by atoms with Crippen LogP contribution < -0.4 is 10.2 Å². The van der Waals surface area contributed by atoms with E-state index in [2.05, 4.69) is 25.2 Å². The zero-order valence-electron chi connectivity index (χ0n) is 15.6. The third-order valence-electron chi connectivity index (χ3n) is 5.03. The standard InChI is InChI=1S/C20H23ClN4OS/c1-13-14(2)27-20-18(13)19(22-11-15-4-3-5-16(21)10-15)23-17(24-20)12-25-6-8-26-9-7-25/h3-5,10H,6-9,11-12H2,1-2H3,(H,22,23,24)/p+1. The molecule has 7 heteroatoms. The number of rotatable bonds is 5. The third-order valence-corrected chi connectivity index (χ3v) is 6.37. The summed E-state index contributed by atoms with van der Waals surface area (Å²) in [5.41, 5.74) is 2.40. The van der Waals surface area contributed by atoms with Crippen LogP contribution in [0.1, 0.15) is 21.8 Å². The molecule has 1 saturated heterocycles. The molecule has 0 unspecified atom stereocenters. The van der Waals surface area contributed by atoms with E-state index in [9.17, 15) is 0 Å². The fraction of sp³-hybridized carbons (Fsp3) is 0.400. The number of quaternary nitrogens is 1. The largest absolute Gasteiger partial charge is 0.370 e. The summed E-state index contributed by atoms with van der Waals surface area (Å²) >= 11 is 7.87. The van der Waals surface area contributed by atoms with Crippen molar-refractivity contribution in [2.45, 2.75) is 26.9 Å². The van der Waals surface area contributed by atoms with E-state index in [-0.39, 0.29) is 0 Å². The normalized spacial score (nSPS) is 15.4. The lowest BCUT2D eigenvalue weighted by Crippen LogP contribution is -3.12. The smallest absolute Gasteiger partial charge is 0.187 e. The lowest BCUT2D eigenvalue weighted by molar-refractivity contribution is -0.922. The third kappa shape index (κ3) is 4.24. The highest BCUT2D eigenvalue weighted by molar-refractivity contribution is 7.18. The fourth-order valence-corrected chi connectivity index (χ4v) is 4.65. The monoisotopic (exact) mass is 403 g/mol. The Labute approximate surface area is 168 Å². The molecule has 27 heavy (non-hydrogen) atoms. The van der Waals surface area contributed by atoms with Crippen LogP contribution in [-0.2, 0) is 17.8 Å². The summed E-state index contributed by atoms with van der Waals surface area (Å²) in [6, 6.07) is 7.92. The Kier molecular flexibility index (Phi) is 5.59. The van der Waals surface area contributed by atoms with Gasteiger partial charge in [0.2, 0.25) is 0 Å². The molecule has 4 rings (SSSR count). The number of ether oxygens (including phenoxy) is 1. The van der Waals surface area contributed by atoms with Gasteiger partial charge >= 0.3 is 0 Å². The Morgan fingerprint density at radius 1 is 1.22 bits per heavy atom. The minimum atomic E-state index is 0.685. The van der Waals surface area contributed by atoms with Crippen molar-refractivity contribution in [1.82, 2.24) is 9.97 Å². The van der Waals surface area contributed by atoms with Crippen molar-refractivity contribution in [2.75, 3.05) is 31.6 Å². The molecule has 0 saturated carbocycles. The number of fused-ring (bicyclic) bond motifs is 1. The van der Waals surface area contributed by atoms with E-state index in [1.165, 1.54) is 15.3 Å². The Morgan fingerprint density at radius 3 is 2.81 bits per heavy atom. The number of thiophene rings is 1. The zero-order chi connectivity index (χ0) is 18.8. The van der Waals surface area contributed by atoms with Crippen molar-refractivity contribution < 1.29 is 9.64 Å². The number of hydrogen-bond acceptors (Lipinski definition) is 5. The molecule has 3 heterocycles. The van der Waals surface area contributed by atoms with Gasteiger partial charge in [0.15, 0.2) is 5.82 Å². The molecular formula is C20H24ClN4OS+. The van der Waals surface area contributed by atoms with E-state index in [0.29, 0.717) is 6.54 Å². The highest BCUT2D eigenvalue weighted by Gasteiger charge is 2.19. The molecule has 0 atom stereocenters. The van der Waals surface area contributed by atoms with E-state index >= 15 is 0 Å². The van der Waals surface area contributed by atoms with Gasteiger partial charge in [-0.3, -0.25) is 0 Å². The van der Waals surface area contributed by atoms with Crippen LogP contribution in [0, 0.1) is 13.8 Å². The fourth-order valence-electron chi connectivity index (χ4n) is 3.39. The molecule has 1 aliphatic rings. The molecule has 3 aromatic rings. The van der Waals surface area contributed by atoms with Crippen LogP contribution in [0.2, 0.25) is 5.02 Å². The van der Waals surface area contributed by atoms with Gasteiger partial charge in [-0.25, -0.2) is 9.97 Å². The van der Waals surface area contributed by atoms with Crippen molar-refractivity contribution in [3.05, 3.63) is 51.1 Å². The Morgan fingerprint density at radius 2 is 2.04 bits per heavy atom. The number of morpholine rings is 1. The quantitative estimate of drug-likeness (QED) is 0.687. The van der Waals surface area contributed by atoms with Gasteiger partial charge < -0.3 is 15.0 Å². The first kappa shape index (κ1) is 18.6. The predicted molar refractivity (Wildman–Crippen MR) is 111 cm³/mol. The molecule has 1 aromatic carbocycles. The Bertz CT molecular complexity index is 953. The molecule has 0 spiro atoms. The number of benzene rings is 1. The number of anilines is 1. The number of aromatic nitrogens is 2. The predicted octanol–water partition coefficient (Wildman–Crippen LogP) is 2.99. The second-order valence-electron chi connectivity index (χ2n) is 6.97. The van der Waals surface area contributed by atoms with Gasteiger partial charge in [-0.2, -0.15) is 0 Å². The number of hydrogen-bond donors (Lipinski definition) is 2. The minimum Gasteiger partial charge on any atom is -0.370 e. The van der Waals surface area contributed by atoms with E-state index < -0.39 is 0 Å². The Balaban J connectivity index is 1.63. The summed E-state index contributed by atoms with van der Waals surface area (Å²) in [5.74, 6) is 1.82. The summed E-state index contributed by atoms with van der Waals surface area (Å²) in [6.07, 6.45) is 0. The lowest BCUT2D eigenvalue weighted by Gasteiger charge is -2.23. The molecule has 1 fully saturated rings. The van der Waals surface area contributed by atoms with Crippen molar-refractivity contribution in [2.24, 2.45) is 0 Å². The first-order valence-electron chi connectivity index (χ1n) is 9.26. The molecule has 0 radical (unpaired) electrons. The van der Waals surface area contributed by atoms with E-state index in [1.807, 2.05) is 18.2 Å². The van der Waals surface area contributed by atoms with Gasteiger partial charge in [-0.05, 0) is 37.1 Å². The molecule has 5 nitrogen and oxygen atoms in total. The summed E-state index contributed by atoms with van der Waals surface area (Å²) in [4.78, 5) is 13.6. The van der Waals surface area contributed by atoms with Crippen LogP contribution >= 0.6 is 22.9 Å². The topological polar surface area (TPSA) is 51.5 Å². The van der Waals surface area contributed by atoms with Crippen molar-refractivity contribution in [1.29, 1.82) is 0 Å². The summed E-state index contributed by atoms with van der Waals surface area (Å²) < 4.78 is 5.46. The maximum atomic E-state index is 6.12.